The lowest BCUT2D eigenvalue weighted by Gasteiger charge is -2.30. The van der Waals surface area contributed by atoms with Crippen molar-refractivity contribution in [3.63, 3.8) is 0 Å². The van der Waals surface area contributed by atoms with Crippen molar-refractivity contribution in [1.29, 1.82) is 0 Å². The third-order valence-corrected chi connectivity index (χ3v) is 11.4. The number of ether oxygens (including phenoxy) is 3. The monoisotopic (exact) mass is 745 g/mol. The van der Waals surface area contributed by atoms with Gasteiger partial charge in [0.2, 0.25) is 21.8 Å². The number of halogens is 1. The summed E-state index contributed by atoms with van der Waals surface area (Å²) in [6, 6.07) is 2.06. The Morgan fingerprint density at radius 2 is 1.88 bits per heavy atom. The van der Waals surface area contributed by atoms with Crippen LogP contribution in [0.1, 0.15) is 70.4 Å². The van der Waals surface area contributed by atoms with Gasteiger partial charge in [-0.25, -0.2) is 22.4 Å². The Balaban J connectivity index is 1.26. The van der Waals surface area contributed by atoms with Crippen LogP contribution in [0.3, 0.4) is 0 Å². The van der Waals surface area contributed by atoms with Crippen LogP contribution in [-0.4, -0.2) is 102 Å². The minimum Gasteiger partial charge on any atom is -0.444 e. The summed E-state index contributed by atoms with van der Waals surface area (Å²) in [5.41, 5.74) is 1.48. The topological polar surface area (TPSA) is 190 Å². The average molecular weight is 746 g/mol. The zero-order valence-electron chi connectivity index (χ0n) is 29.3. The molecule has 0 unspecified atom stereocenters. The highest BCUT2D eigenvalue weighted by atomic mass is 32.2. The second kappa shape index (κ2) is 14.5. The van der Waals surface area contributed by atoms with Crippen LogP contribution in [-0.2, 0) is 51.7 Å². The van der Waals surface area contributed by atoms with Crippen LogP contribution in [0.5, 0.6) is 0 Å². The van der Waals surface area contributed by atoms with Crippen LogP contribution < -0.4 is 15.4 Å². The third-order valence-electron chi connectivity index (χ3n) is 9.63. The minimum absolute atomic E-state index is 0.0119. The first-order chi connectivity index (χ1) is 24.6. The van der Waals surface area contributed by atoms with Crippen molar-refractivity contribution in [2.45, 2.75) is 107 Å². The smallest absolute Gasteiger partial charge is 0.410 e. The van der Waals surface area contributed by atoms with Crippen molar-refractivity contribution >= 4 is 39.9 Å². The number of nitrogens with one attached hydrogen (secondary N) is 3. The van der Waals surface area contributed by atoms with E-state index in [-0.39, 0.29) is 52.1 Å². The van der Waals surface area contributed by atoms with E-state index >= 15 is 0 Å². The molecule has 3 fully saturated rings. The molecule has 5 amide bonds. The van der Waals surface area contributed by atoms with E-state index in [4.69, 9.17) is 14.2 Å². The molecule has 17 heteroatoms. The summed E-state index contributed by atoms with van der Waals surface area (Å²) in [7, 11) is -3.96. The number of hydrogen-bond donors (Lipinski definition) is 3. The van der Waals surface area contributed by atoms with E-state index in [0.29, 0.717) is 30.4 Å². The van der Waals surface area contributed by atoms with Crippen LogP contribution in [0, 0.1) is 11.7 Å². The molecule has 282 valence electrons. The Hall–Kier alpha value is -4.47. The molecule has 0 radical (unpaired) electrons. The largest absolute Gasteiger partial charge is 0.444 e. The van der Waals surface area contributed by atoms with Gasteiger partial charge in [0, 0.05) is 37.5 Å². The lowest BCUT2D eigenvalue weighted by atomic mass is 10.1. The van der Waals surface area contributed by atoms with E-state index in [1.807, 2.05) is 0 Å². The predicted molar refractivity (Wildman–Crippen MR) is 181 cm³/mol. The molecule has 2 saturated carbocycles. The van der Waals surface area contributed by atoms with Gasteiger partial charge in [0.25, 0.3) is 5.91 Å². The van der Waals surface area contributed by atoms with Crippen molar-refractivity contribution < 1.29 is 51.0 Å². The number of benzene rings is 1. The summed E-state index contributed by atoms with van der Waals surface area (Å²) < 4.78 is 58.9. The van der Waals surface area contributed by atoms with Crippen molar-refractivity contribution in [2.24, 2.45) is 5.92 Å². The Bertz CT molecular complexity index is 1800. The Kier molecular flexibility index (Phi) is 10.4. The standard InChI is InChI=1S/C35H44FN5O10S/c1-34(2,3)51-32(45)37-27-13-15-49-14-6-4-5-9-22-17-35(22,31(44)39-52(47,48)24-11-12-24)38-29(42)28-16-23(19-41(28)30(27)43)50-33(46)40-18-21-8-7-10-26(36)25(21)20-40/h4,7-10,22-24,27-28H,6,11-20H2,1-3H3,(H,37,45)(H,38,42)(H,39,44)/t5?,22-,23-,27+,28+,35-/m1/s1. The molecule has 0 bridgehead atoms. The number of alkyl carbamates (subject to hydrolysis) is 1. The fourth-order valence-electron chi connectivity index (χ4n) is 6.66. The molecule has 1 aromatic carbocycles. The van der Waals surface area contributed by atoms with Gasteiger partial charge >= 0.3 is 12.2 Å². The summed E-state index contributed by atoms with van der Waals surface area (Å²) in [6.07, 6.45) is 1.82. The number of carbonyl (C=O) groups excluding carboxylic acids is 5. The maximum atomic E-state index is 14.4. The fourth-order valence-corrected chi connectivity index (χ4v) is 8.02. The molecule has 3 N–H and O–H groups in total. The van der Waals surface area contributed by atoms with E-state index in [1.54, 1.807) is 45.1 Å². The van der Waals surface area contributed by atoms with Gasteiger partial charge in [0.05, 0.1) is 24.9 Å². The molecule has 52 heavy (non-hydrogen) atoms. The summed E-state index contributed by atoms with van der Waals surface area (Å²) in [4.78, 5) is 70.7. The molecule has 5 aliphatic rings. The fraction of sp³-hybridized carbons (Fsp3) is 0.600. The second-order valence-electron chi connectivity index (χ2n) is 14.9. The molecule has 3 aliphatic heterocycles. The van der Waals surface area contributed by atoms with Crippen LogP contribution >= 0.6 is 0 Å². The van der Waals surface area contributed by atoms with Gasteiger partial charge in [0.15, 0.2) is 0 Å². The maximum absolute atomic E-state index is 14.4. The number of amides is 5. The second-order valence-corrected chi connectivity index (χ2v) is 16.8. The molecule has 3 heterocycles. The van der Waals surface area contributed by atoms with Gasteiger partial charge < -0.3 is 29.7 Å². The van der Waals surface area contributed by atoms with E-state index in [9.17, 15) is 36.8 Å². The third kappa shape index (κ3) is 8.42. The van der Waals surface area contributed by atoms with Crippen molar-refractivity contribution in [1.82, 2.24) is 25.2 Å². The Morgan fingerprint density at radius 1 is 1.12 bits per heavy atom. The van der Waals surface area contributed by atoms with Crippen molar-refractivity contribution in [3.05, 3.63) is 53.0 Å². The highest BCUT2D eigenvalue weighted by Gasteiger charge is 2.62. The molecule has 0 spiro atoms. The van der Waals surface area contributed by atoms with Crippen LogP contribution in [0.2, 0.25) is 0 Å². The van der Waals surface area contributed by atoms with Gasteiger partial charge in [-0.05, 0) is 70.2 Å². The summed E-state index contributed by atoms with van der Waals surface area (Å²) >= 11 is 0. The minimum atomic E-state index is -3.96. The van der Waals surface area contributed by atoms with Crippen molar-refractivity contribution in [2.75, 3.05) is 19.8 Å². The molecule has 6 rings (SSSR count). The summed E-state index contributed by atoms with van der Waals surface area (Å²) in [6.45, 7) is 5.17. The molecular formula is C35H44FN5O10S. The van der Waals surface area contributed by atoms with E-state index in [0.717, 1.165) is 0 Å². The van der Waals surface area contributed by atoms with Crippen LogP contribution in [0.15, 0.2) is 36.1 Å². The van der Waals surface area contributed by atoms with Gasteiger partial charge in [-0.15, -0.1) is 5.73 Å². The zero-order chi connectivity index (χ0) is 37.4. The number of sulfonamides is 1. The summed E-state index contributed by atoms with van der Waals surface area (Å²) in [5.74, 6) is -3.41. The Labute approximate surface area is 301 Å². The highest BCUT2D eigenvalue weighted by Crippen LogP contribution is 2.46. The first kappa shape index (κ1) is 37.3. The number of hydrogen-bond acceptors (Lipinski definition) is 10. The first-order valence-electron chi connectivity index (χ1n) is 17.4. The lowest BCUT2D eigenvalue weighted by molar-refractivity contribution is -0.141. The SMILES string of the molecule is CC(C)(C)OC(=O)N[C@H]1CCOCCC=C=C[C@@H]2C[C@@]2(C(=O)NS(=O)(=O)C2CC2)NC(=O)[C@@H]2C[C@@H](OC(=O)N3Cc4cccc(F)c4C3)CN2C1=O. The van der Waals surface area contributed by atoms with Gasteiger partial charge in [0.1, 0.15) is 35.1 Å². The predicted octanol–water partition coefficient (Wildman–Crippen LogP) is 2.15. The van der Waals surface area contributed by atoms with Gasteiger partial charge in [-0.2, -0.15) is 0 Å². The molecular weight excluding hydrogens is 701 g/mol. The molecule has 1 aromatic rings. The summed E-state index contributed by atoms with van der Waals surface area (Å²) in [5, 5.41) is 4.63. The lowest BCUT2D eigenvalue weighted by Crippen LogP contribution is -2.58. The van der Waals surface area contributed by atoms with Gasteiger partial charge in [-0.3, -0.25) is 24.0 Å². The van der Waals surface area contributed by atoms with Gasteiger partial charge in [-0.1, -0.05) is 12.1 Å². The average Bonchev–Trinajstić information content (AvgIpc) is 3.94. The maximum Gasteiger partial charge on any atom is 0.410 e. The number of carbonyl (C=O) groups is 5. The molecule has 2 aliphatic carbocycles. The van der Waals surface area contributed by atoms with E-state index in [1.165, 1.54) is 15.9 Å². The molecule has 5 atom stereocenters. The zero-order valence-corrected chi connectivity index (χ0v) is 30.1. The van der Waals surface area contributed by atoms with Crippen LogP contribution in [0.4, 0.5) is 14.0 Å². The number of rotatable bonds is 5. The molecule has 15 nitrogen and oxygen atoms in total. The van der Waals surface area contributed by atoms with Crippen LogP contribution in [0.25, 0.3) is 0 Å². The highest BCUT2D eigenvalue weighted by molar-refractivity contribution is 7.91. The van der Waals surface area contributed by atoms with Crippen molar-refractivity contribution in [3.8, 4) is 0 Å². The molecule has 0 aromatic heterocycles. The molecule has 1 saturated heterocycles. The van der Waals surface area contributed by atoms with E-state index < -0.39 is 86.2 Å². The quantitative estimate of drug-likeness (QED) is 0.377. The van der Waals surface area contributed by atoms with E-state index in [2.05, 4.69) is 21.1 Å². The normalized spacial score (nSPS) is 27.9. The Morgan fingerprint density at radius 3 is 2.60 bits per heavy atom. The first-order valence-corrected chi connectivity index (χ1v) is 19.0. The number of nitrogens with zero attached hydrogens (tertiary/aromatic N) is 2. The number of fused-ring (bicyclic) bond motifs is 3.